The van der Waals surface area contributed by atoms with Crippen molar-refractivity contribution in [3.8, 4) is 0 Å². The van der Waals surface area contributed by atoms with Gasteiger partial charge in [0, 0.05) is 6.54 Å². The van der Waals surface area contributed by atoms with E-state index in [1.807, 2.05) is 0 Å². The number of methoxy groups -OCH3 is 1. The van der Waals surface area contributed by atoms with Gasteiger partial charge in [0.05, 0.1) is 13.5 Å². The Hall–Kier alpha value is -1.17. The fourth-order valence-electron chi connectivity index (χ4n) is 0.744. The second kappa shape index (κ2) is 4.01. The zero-order valence-electron chi connectivity index (χ0n) is 6.61. The minimum Gasteiger partial charge on any atom is -0.469 e. The van der Waals surface area contributed by atoms with E-state index in [-0.39, 0.29) is 5.97 Å². The van der Waals surface area contributed by atoms with Crippen LogP contribution in [-0.2, 0) is 16.1 Å². The summed E-state index contributed by atoms with van der Waals surface area (Å²) in [4.78, 5) is 10.7. The molecule has 66 valence electrons. The first-order valence-corrected chi connectivity index (χ1v) is 3.81. The molecule has 1 aromatic heterocycles. The van der Waals surface area contributed by atoms with Crippen LogP contribution in [-0.4, -0.2) is 27.8 Å². The van der Waals surface area contributed by atoms with E-state index < -0.39 is 0 Å². The van der Waals surface area contributed by atoms with Crippen LogP contribution < -0.4 is 0 Å². The summed E-state index contributed by atoms with van der Waals surface area (Å²) in [6.07, 6.45) is 1.86. The summed E-state index contributed by atoms with van der Waals surface area (Å²) < 4.78 is 6.66. The van der Waals surface area contributed by atoms with E-state index in [1.54, 1.807) is 10.9 Å². The maximum atomic E-state index is 10.7. The molecule has 0 unspecified atom stereocenters. The monoisotopic (exact) mass is 187 g/mol. The average molecular weight is 187 g/mol. The Labute approximate surface area is 74.4 Å². The van der Waals surface area contributed by atoms with Gasteiger partial charge in [-0.3, -0.25) is 9.89 Å². The van der Waals surface area contributed by atoms with Crippen LogP contribution in [0.4, 0.5) is 0 Å². The normalized spacial score (nSPS) is 9.75. The number of carbonyl (C=O) groups excluding carboxylic acids is 1. The van der Waals surface area contributed by atoms with E-state index in [4.69, 9.17) is 12.2 Å². The Morgan fingerprint density at radius 2 is 2.67 bits per heavy atom. The summed E-state index contributed by atoms with van der Waals surface area (Å²) in [5.41, 5.74) is 0. The lowest BCUT2D eigenvalue weighted by Gasteiger charge is -1.98. The van der Waals surface area contributed by atoms with Gasteiger partial charge >= 0.3 is 5.97 Å². The highest BCUT2D eigenvalue weighted by Crippen LogP contribution is 1.92. The number of hydrogen-bond acceptors (Lipinski definition) is 4. The molecule has 0 radical (unpaired) electrons. The van der Waals surface area contributed by atoms with Crippen LogP contribution >= 0.6 is 12.2 Å². The summed E-state index contributed by atoms with van der Waals surface area (Å²) in [7, 11) is 1.36. The topological polar surface area (TPSA) is 59.9 Å². The van der Waals surface area contributed by atoms with Gasteiger partial charge in [-0.2, -0.15) is 5.10 Å². The van der Waals surface area contributed by atoms with Crippen molar-refractivity contribution in [1.29, 1.82) is 0 Å². The predicted octanol–water partition coefficient (Wildman–Crippen LogP) is 0.504. The van der Waals surface area contributed by atoms with Crippen molar-refractivity contribution in [2.45, 2.75) is 13.0 Å². The lowest BCUT2D eigenvalue weighted by molar-refractivity contribution is -0.140. The molecule has 0 atom stereocenters. The number of aromatic nitrogens is 3. The van der Waals surface area contributed by atoms with E-state index in [9.17, 15) is 4.79 Å². The molecule has 1 aromatic rings. The molecule has 0 spiro atoms. The third-order valence-corrected chi connectivity index (χ3v) is 1.73. The van der Waals surface area contributed by atoms with Crippen molar-refractivity contribution in [2.24, 2.45) is 0 Å². The van der Waals surface area contributed by atoms with E-state index >= 15 is 0 Å². The molecule has 1 heterocycles. The summed E-state index contributed by atoms with van der Waals surface area (Å²) in [6.45, 7) is 0.502. The standard InChI is InChI=1S/C6H9N3O2S/c1-11-5(10)2-3-9-4-7-8-6(9)12/h4H,2-3H2,1H3,(H,8,12). The molecule has 0 aliphatic heterocycles. The first-order valence-electron chi connectivity index (χ1n) is 3.40. The van der Waals surface area contributed by atoms with E-state index in [0.717, 1.165) is 0 Å². The number of esters is 1. The minimum absolute atomic E-state index is 0.252. The van der Waals surface area contributed by atoms with Crippen molar-refractivity contribution in [3.63, 3.8) is 0 Å². The fraction of sp³-hybridized carbons (Fsp3) is 0.500. The number of nitrogens with zero attached hydrogens (tertiary/aromatic N) is 2. The van der Waals surface area contributed by atoms with Gasteiger partial charge in [0.25, 0.3) is 0 Å². The highest BCUT2D eigenvalue weighted by atomic mass is 32.1. The molecular formula is C6H9N3O2S. The number of nitrogens with one attached hydrogen (secondary N) is 1. The third kappa shape index (κ3) is 2.16. The molecule has 0 saturated heterocycles. The number of rotatable bonds is 3. The maximum absolute atomic E-state index is 10.7. The summed E-state index contributed by atoms with van der Waals surface area (Å²) in [5.74, 6) is -0.252. The number of H-pyrrole nitrogens is 1. The number of carbonyl (C=O) groups is 1. The zero-order chi connectivity index (χ0) is 8.97. The van der Waals surface area contributed by atoms with Crippen molar-refractivity contribution >= 4 is 18.2 Å². The predicted molar refractivity (Wildman–Crippen MR) is 44.0 cm³/mol. The molecule has 0 aromatic carbocycles. The molecular weight excluding hydrogens is 178 g/mol. The van der Waals surface area contributed by atoms with Crippen LogP contribution in [0.3, 0.4) is 0 Å². The van der Waals surface area contributed by atoms with Crippen LogP contribution in [0.5, 0.6) is 0 Å². The minimum atomic E-state index is -0.252. The van der Waals surface area contributed by atoms with Gasteiger partial charge in [-0.25, -0.2) is 0 Å². The Balaban J connectivity index is 2.49. The molecule has 1 N–H and O–H groups in total. The van der Waals surface area contributed by atoms with Crippen LogP contribution in [0.2, 0.25) is 0 Å². The Bertz CT molecular complexity index is 317. The number of ether oxygens (including phenoxy) is 1. The number of aromatic amines is 1. The molecule has 0 aliphatic rings. The molecule has 6 heteroatoms. The molecule has 0 amide bonds. The van der Waals surface area contributed by atoms with Crippen molar-refractivity contribution < 1.29 is 9.53 Å². The fourth-order valence-corrected chi connectivity index (χ4v) is 0.935. The molecule has 0 aliphatic carbocycles. The number of aryl methyl sites for hydroxylation is 1. The van der Waals surface area contributed by atoms with E-state index in [0.29, 0.717) is 17.7 Å². The first kappa shape index (κ1) is 8.92. The molecule has 0 bridgehead atoms. The van der Waals surface area contributed by atoms with E-state index in [1.165, 1.54) is 7.11 Å². The molecule has 12 heavy (non-hydrogen) atoms. The summed E-state index contributed by atoms with van der Waals surface area (Å²) >= 11 is 4.87. The van der Waals surface area contributed by atoms with Gasteiger partial charge in [0.15, 0.2) is 4.77 Å². The summed E-state index contributed by atoms with van der Waals surface area (Å²) in [5, 5.41) is 6.29. The second-order valence-electron chi connectivity index (χ2n) is 2.18. The molecule has 5 nitrogen and oxygen atoms in total. The van der Waals surface area contributed by atoms with Crippen LogP contribution in [0, 0.1) is 4.77 Å². The van der Waals surface area contributed by atoms with Crippen LogP contribution in [0.1, 0.15) is 6.42 Å². The average Bonchev–Trinajstić information content (AvgIpc) is 2.47. The van der Waals surface area contributed by atoms with Gasteiger partial charge < -0.3 is 9.30 Å². The van der Waals surface area contributed by atoms with Crippen LogP contribution in [0.25, 0.3) is 0 Å². The quantitative estimate of drug-likeness (QED) is 0.553. The largest absolute Gasteiger partial charge is 0.469 e. The zero-order valence-corrected chi connectivity index (χ0v) is 7.43. The molecule has 0 fully saturated rings. The Morgan fingerprint density at radius 1 is 1.92 bits per heavy atom. The summed E-state index contributed by atoms with van der Waals surface area (Å²) in [6, 6.07) is 0. The Morgan fingerprint density at radius 3 is 3.17 bits per heavy atom. The molecule has 0 saturated carbocycles. The molecule has 1 rings (SSSR count). The van der Waals surface area contributed by atoms with Gasteiger partial charge in [-0.05, 0) is 12.2 Å². The number of hydrogen-bond donors (Lipinski definition) is 1. The smallest absolute Gasteiger partial charge is 0.307 e. The van der Waals surface area contributed by atoms with Crippen molar-refractivity contribution in [3.05, 3.63) is 11.1 Å². The lowest BCUT2D eigenvalue weighted by Crippen LogP contribution is -2.06. The highest BCUT2D eigenvalue weighted by molar-refractivity contribution is 7.71. The van der Waals surface area contributed by atoms with Gasteiger partial charge in [0.1, 0.15) is 6.33 Å². The third-order valence-electron chi connectivity index (χ3n) is 1.40. The second-order valence-corrected chi connectivity index (χ2v) is 2.57. The van der Waals surface area contributed by atoms with Gasteiger partial charge in [-0.1, -0.05) is 0 Å². The van der Waals surface area contributed by atoms with Crippen molar-refractivity contribution in [1.82, 2.24) is 14.8 Å². The highest BCUT2D eigenvalue weighted by Gasteiger charge is 2.00. The van der Waals surface area contributed by atoms with Crippen molar-refractivity contribution in [2.75, 3.05) is 7.11 Å². The Kier molecular flexibility index (Phi) is 2.98. The van der Waals surface area contributed by atoms with Gasteiger partial charge in [0.2, 0.25) is 0 Å². The maximum Gasteiger partial charge on any atom is 0.307 e. The first-order chi connectivity index (χ1) is 5.74. The van der Waals surface area contributed by atoms with Gasteiger partial charge in [-0.15, -0.1) is 0 Å². The van der Waals surface area contributed by atoms with E-state index in [2.05, 4.69) is 14.9 Å². The SMILES string of the molecule is COC(=O)CCn1cn[nH]c1=S. The lowest BCUT2D eigenvalue weighted by atomic mass is 10.4. The van der Waals surface area contributed by atoms with Crippen LogP contribution in [0.15, 0.2) is 6.33 Å².